The van der Waals surface area contributed by atoms with Crippen molar-refractivity contribution in [2.24, 2.45) is 0 Å². The Balaban J connectivity index is 2.59. The van der Waals surface area contributed by atoms with Gasteiger partial charge in [0.2, 0.25) is 0 Å². The summed E-state index contributed by atoms with van der Waals surface area (Å²) in [6.45, 7) is 13.2. The van der Waals surface area contributed by atoms with Crippen molar-refractivity contribution in [1.82, 2.24) is 4.90 Å². The maximum Gasteiger partial charge on any atom is 0.00388 e. The van der Waals surface area contributed by atoms with Gasteiger partial charge in [-0.2, -0.15) is 0 Å². The molecule has 0 bridgehead atoms. The fraction of sp³-hybridized carbons (Fsp3) is 0.667. The zero-order chi connectivity index (χ0) is 9.84. The Morgan fingerprint density at radius 3 is 2.69 bits per heavy atom. The zero-order valence-electron chi connectivity index (χ0n) is 9.14. The summed E-state index contributed by atoms with van der Waals surface area (Å²) in [6.07, 6.45) is 4.61. The van der Waals surface area contributed by atoms with Gasteiger partial charge in [-0.3, -0.25) is 0 Å². The molecule has 0 amide bonds. The highest BCUT2D eigenvalue weighted by atomic mass is 15.1. The smallest absolute Gasteiger partial charge is 0.00388 e. The van der Waals surface area contributed by atoms with Crippen LogP contribution in [-0.2, 0) is 0 Å². The number of rotatable bonds is 1. The molecule has 1 rings (SSSR count). The molecule has 1 aliphatic heterocycles. The molecule has 13 heavy (non-hydrogen) atoms. The summed E-state index contributed by atoms with van der Waals surface area (Å²) in [5.74, 6) is 0. The van der Waals surface area contributed by atoms with Gasteiger partial charge in [0.15, 0.2) is 0 Å². The molecule has 1 nitrogen and oxygen atoms in total. The van der Waals surface area contributed by atoms with Gasteiger partial charge in [0.25, 0.3) is 0 Å². The third-order valence-corrected chi connectivity index (χ3v) is 2.86. The molecule has 0 atom stereocenters. The average molecular weight is 179 g/mol. The van der Waals surface area contributed by atoms with Crippen LogP contribution >= 0.6 is 0 Å². The second-order valence-corrected chi connectivity index (χ2v) is 4.16. The van der Waals surface area contributed by atoms with Crippen LogP contribution in [0.3, 0.4) is 0 Å². The molecule has 0 aromatic heterocycles. The van der Waals surface area contributed by atoms with E-state index in [1.165, 1.54) is 30.7 Å². The van der Waals surface area contributed by atoms with Crippen LogP contribution in [0.1, 0.15) is 33.6 Å². The van der Waals surface area contributed by atoms with E-state index in [1.54, 1.807) is 0 Å². The van der Waals surface area contributed by atoms with Crippen molar-refractivity contribution in [1.29, 1.82) is 0 Å². The van der Waals surface area contributed by atoms with Gasteiger partial charge in [0, 0.05) is 19.1 Å². The highest BCUT2D eigenvalue weighted by molar-refractivity contribution is 5.26. The predicted octanol–water partition coefficient (Wildman–Crippen LogP) is 2.99. The van der Waals surface area contributed by atoms with Crippen molar-refractivity contribution in [3.05, 3.63) is 23.8 Å². The maximum absolute atomic E-state index is 4.10. The Morgan fingerprint density at radius 1 is 1.38 bits per heavy atom. The van der Waals surface area contributed by atoms with E-state index in [0.29, 0.717) is 6.04 Å². The van der Waals surface area contributed by atoms with Crippen molar-refractivity contribution in [2.45, 2.75) is 39.7 Å². The fourth-order valence-corrected chi connectivity index (χ4v) is 1.70. The first-order valence-corrected chi connectivity index (χ1v) is 5.20. The minimum Gasteiger partial charge on any atom is -0.300 e. The van der Waals surface area contributed by atoms with E-state index >= 15 is 0 Å². The van der Waals surface area contributed by atoms with E-state index in [0.717, 1.165) is 6.42 Å². The molecule has 0 saturated carbocycles. The van der Waals surface area contributed by atoms with Gasteiger partial charge in [0.1, 0.15) is 0 Å². The molecule has 1 heterocycles. The average Bonchev–Trinajstić information content (AvgIpc) is 2.06. The second kappa shape index (κ2) is 4.61. The summed E-state index contributed by atoms with van der Waals surface area (Å²) in [7, 11) is 0. The molecule has 0 fully saturated rings. The van der Waals surface area contributed by atoms with Crippen LogP contribution in [0.15, 0.2) is 23.8 Å². The van der Waals surface area contributed by atoms with Gasteiger partial charge >= 0.3 is 0 Å². The van der Waals surface area contributed by atoms with Crippen LogP contribution in [-0.4, -0.2) is 24.0 Å². The molecule has 0 N–H and O–H groups in total. The molecule has 0 aromatic rings. The van der Waals surface area contributed by atoms with Gasteiger partial charge < -0.3 is 4.90 Å². The first-order valence-electron chi connectivity index (χ1n) is 5.20. The summed E-state index contributed by atoms with van der Waals surface area (Å²) >= 11 is 0. The lowest BCUT2D eigenvalue weighted by atomic mass is 10.0. The van der Waals surface area contributed by atoms with Crippen LogP contribution in [0.2, 0.25) is 0 Å². The minimum atomic E-state index is 0.666. The molecule has 0 aromatic carbocycles. The lowest BCUT2D eigenvalue weighted by Crippen LogP contribution is -2.33. The summed E-state index contributed by atoms with van der Waals surface area (Å²) in [6, 6.07) is 0.666. The van der Waals surface area contributed by atoms with Gasteiger partial charge in [0.05, 0.1) is 0 Å². The Morgan fingerprint density at radius 2 is 2.08 bits per heavy atom. The Labute approximate surface area is 82.1 Å². The van der Waals surface area contributed by atoms with E-state index in [1.807, 2.05) is 0 Å². The van der Waals surface area contributed by atoms with Crippen LogP contribution in [0, 0.1) is 0 Å². The molecule has 0 spiro atoms. The van der Waals surface area contributed by atoms with Gasteiger partial charge in [-0.15, -0.1) is 0 Å². The highest BCUT2D eigenvalue weighted by Gasteiger charge is 2.11. The Bertz CT molecular complexity index is 213. The Kier molecular flexibility index (Phi) is 3.73. The maximum atomic E-state index is 4.10. The predicted molar refractivity (Wildman–Crippen MR) is 58.8 cm³/mol. The molecule has 1 heteroatoms. The second-order valence-electron chi connectivity index (χ2n) is 4.16. The molecule has 0 aliphatic carbocycles. The monoisotopic (exact) mass is 179 g/mol. The van der Waals surface area contributed by atoms with Crippen LogP contribution in [0.25, 0.3) is 0 Å². The van der Waals surface area contributed by atoms with Crippen molar-refractivity contribution in [2.75, 3.05) is 13.1 Å². The number of hydrogen-bond donors (Lipinski definition) is 0. The van der Waals surface area contributed by atoms with E-state index in [9.17, 15) is 0 Å². The van der Waals surface area contributed by atoms with Gasteiger partial charge in [-0.1, -0.05) is 23.8 Å². The van der Waals surface area contributed by atoms with Crippen LogP contribution in [0.4, 0.5) is 0 Å². The first kappa shape index (κ1) is 10.5. The summed E-state index contributed by atoms with van der Waals surface area (Å²) < 4.78 is 0. The van der Waals surface area contributed by atoms with E-state index in [4.69, 9.17) is 0 Å². The third-order valence-electron chi connectivity index (χ3n) is 2.86. The quantitative estimate of drug-likeness (QED) is 0.598. The molecule has 0 unspecified atom stereocenters. The van der Waals surface area contributed by atoms with Gasteiger partial charge in [-0.25, -0.2) is 0 Å². The zero-order valence-corrected chi connectivity index (χ0v) is 9.14. The number of nitrogens with zero attached hydrogens (tertiary/aromatic N) is 1. The standard InChI is InChI=1S/C12H21N/c1-10(2)13-8-5-6-11(3)12(4)7-9-13/h6,10H,4-5,7-9H2,1-3H3/b11-6+. The molecular formula is C12H21N. The van der Waals surface area contributed by atoms with Crippen molar-refractivity contribution in [3.63, 3.8) is 0 Å². The number of allylic oxidation sites excluding steroid dienone is 1. The van der Waals surface area contributed by atoms with Crippen LogP contribution in [0.5, 0.6) is 0 Å². The third kappa shape index (κ3) is 3.00. The Hall–Kier alpha value is -0.560. The van der Waals surface area contributed by atoms with E-state index in [2.05, 4.69) is 38.3 Å². The minimum absolute atomic E-state index is 0.666. The van der Waals surface area contributed by atoms with Gasteiger partial charge in [-0.05, 0) is 33.6 Å². The molecule has 0 radical (unpaired) electrons. The normalized spacial score (nSPS) is 25.2. The largest absolute Gasteiger partial charge is 0.300 e. The van der Waals surface area contributed by atoms with Crippen LogP contribution < -0.4 is 0 Å². The molecular weight excluding hydrogens is 158 g/mol. The lowest BCUT2D eigenvalue weighted by Gasteiger charge is -2.28. The number of hydrogen-bond acceptors (Lipinski definition) is 1. The molecule has 74 valence electrons. The summed E-state index contributed by atoms with van der Waals surface area (Å²) in [4.78, 5) is 2.52. The van der Waals surface area contributed by atoms with Crippen molar-refractivity contribution in [3.8, 4) is 0 Å². The lowest BCUT2D eigenvalue weighted by molar-refractivity contribution is 0.227. The van der Waals surface area contributed by atoms with Crippen molar-refractivity contribution < 1.29 is 0 Å². The van der Waals surface area contributed by atoms with E-state index < -0.39 is 0 Å². The molecule has 0 saturated heterocycles. The fourth-order valence-electron chi connectivity index (χ4n) is 1.70. The SMILES string of the molecule is C=C1CCN(C(C)C)CC/C=C/1C. The first-order chi connectivity index (χ1) is 6.11. The summed E-state index contributed by atoms with van der Waals surface area (Å²) in [5, 5.41) is 0. The highest BCUT2D eigenvalue weighted by Crippen LogP contribution is 2.17. The summed E-state index contributed by atoms with van der Waals surface area (Å²) in [5.41, 5.74) is 2.70. The molecule has 1 aliphatic rings. The van der Waals surface area contributed by atoms with E-state index in [-0.39, 0.29) is 0 Å². The van der Waals surface area contributed by atoms with Crippen molar-refractivity contribution >= 4 is 0 Å². The topological polar surface area (TPSA) is 3.24 Å².